The molecule has 0 spiro atoms. The van der Waals surface area contributed by atoms with E-state index in [-0.39, 0.29) is 6.09 Å². The molecule has 0 radical (unpaired) electrons. The van der Waals surface area contributed by atoms with Crippen molar-refractivity contribution in [3.63, 3.8) is 0 Å². The Hall–Kier alpha value is -0.890. The van der Waals surface area contributed by atoms with Crippen LogP contribution in [0.2, 0.25) is 0 Å². The monoisotopic (exact) mass is 358 g/mol. The van der Waals surface area contributed by atoms with Crippen LogP contribution in [-0.2, 0) is 4.74 Å². The standard InChI is InChI=1S/C12H15BrN4O2S/c13-10-14-15-11(20-10)16-5-7-1-2-8(6-16)9(7)17-3-4-19-12(17)18/h7-9H,1-6H2/t7-,8+,9?. The minimum Gasteiger partial charge on any atom is -0.448 e. The zero-order valence-corrected chi connectivity index (χ0v) is 13.3. The predicted molar refractivity (Wildman–Crippen MR) is 77.9 cm³/mol. The summed E-state index contributed by atoms with van der Waals surface area (Å²) < 4.78 is 5.93. The molecular formula is C12H15BrN4O2S. The van der Waals surface area contributed by atoms with Crippen molar-refractivity contribution in [3.8, 4) is 0 Å². The molecule has 2 aliphatic heterocycles. The number of halogens is 1. The van der Waals surface area contributed by atoms with Crippen LogP contribution in [0.25, 0.3) is 0 Å². The van der Waals surface area contributed by atoms with Crippen LogP contribution in [0.5, 0.6) is 0 Å². The van der Waals surface area contributed by atoms with Crippen LogP contribution in [0.3, 0.4) is 0 Å². The van der Waals surface area contributed by atoms with E-state index in [0.717, 1.165) is 28.7 Å². The Bertz CT molecular complexity index is 525. The number of hydrogen-bond acceptors (Lipinski definition) is 6. The molecule has 20 heavy (non-hydrogen) atoms. The Morgan fingerprint density at radius 2 is 2.00 bits per heavy atom. The first-order chi connectivity index (χ1) is 9.72. The largest absolute Gasteiger partial charge is 0.448 e. The van der Waals surface area contributed by atoms with Gasteiger partial charge in [-0.15, -0.1) is 10.2 Å². The fraction of sp³-hybridized carbons (Fsp3) is 0.750. The normalized spacial score (nSPS) is 32.9. The van der Waals surface area contributed by atoms with Crippen molar-refractivity contribution in [1.82, 2.24) is 15.1 Å². The summed E-state index contributed by atoms with van der Waals surface area (Å²) in [5, 5.41) is 9.23. The predicted octanol–water partition coefficient (Wildman–Crippen LogP) is 1.97. The van der Waals surface area contributed by atoms with Gasteiger partial charge in [0.25, 0.3) is 0 Å². The number of piperidine rings is 1. The third kappa shape index (κ3) is 2.00. The molecule has 0 aromatic carbocycles. The first-order valence-electron chi connectivity index (χ1n) is 6.90. The van der Waals surface area contributed by atoms with E-state index in [2.05, 4.69) is 31.0 Å². The SMILES string of the molecule is O=C1OCCN1C1[C@@H]2CC[C@H]1CN(c1nnc(Br)s1)C2. The van der Waals surface area contributed by atoms with E-state index in [9.17, 15) is 4.79 Å². The Balaban J connectivity index is 1.53. The molecule has 3 fully saturated rings. The molecule has 1 aliphatic carbocycles. The van der Waals surface area contributed by atoms with Crippen molar-refractivity contribution in [2.45, 2.75) is 18.9 Å². The second kappa shape index (κ2) is 4.84. The second-order valence-corrected chi connectivity index (χ2v) is 7.87. The number of nitrogens with zero attached hydrogens (tertiary/aromatic N) is 4. The van der Waals surface area contributed by atoms with E-state index >= 15 is 0 Å². The molecule has 8 heteroatoms. The van der Waals surface area contributed by atoms with Crippen LogP contribution in [0, 0.1) is 11.8 Å². The summed E-state index contributed by atoms with van der Waals surface area (Å²) >= 11 is 4.94. The number of anilines is 1. The fourth-order valence-corrected chi connectivity index (χ4v) is 4.97. The molecule has 2 bridgehead atoms. The van der Waals surface area contributed by atoms with Crippen molar-refractivity contribution >= 4 is 38.5 Å². The van der Waals surface area contributed by atoms with E-state index in [1.54, 1.807) is 11.3 Å². The molecule has 1 aromatic rings. The van der Waals surface area contributed by atoms with Crippen molar-refractivity contribution in [3.05, 3.63) is 3.92 Å². The smallest absolute Gasteiger partial charge is 0.410 e. The van der Waals surface area contributed by atoms with Gasteiger partial charge in [-0.25, -0.2) is 4.79 Å². The van der Waals surface area contributed by atoms with Crippen LogP contribution >= 0.6 is 27.3 Å². The minimum absolute atomic E-state index is 0.126. The lowest BCUT2D eigenvalue weighted by atomic mass is 9.91. The highest BCUT2D eigenvalue weighted by atomic mass is 79.9. The minimum atomic E-state index is -0.126. The van der Waals surface area contributed by atoms with Gasteiger partial charge >= 0.3 is 6.09 Å². The molecule has 108 valence electrons. The highest BCUT2D eigenvalue weighted by Gasteiger charge is 2.48. The Morgan fingerprint density at radius 3 is 2.55 bits per heavy atom. The molecule has 3 aliphatic rings. The summed E-state index contributed by atoms with van der Waals surface area (Å²) in [6.07, 6.45) is 2.25. The van der Waals surface area contributed by atoms with E-state index in [4.69, 9.17) is 4.74 Å². The van der Waals surface area contributed by atoms with E-state index < -0.39 is 0 Å². The summed E-state index contributed by atoms with van der Waals surface area (Å²) in [6, 6.07) is 0.359. The molecule has 6 nitrogen and oxygen atoms in total. The number of fused-ring (bicyclic) bond motifs is 2. The van der Waals surface area contributed by atoms with Crippen LogP contribution in [0.4, 0.5) is 9.93 Å². The third-order valence-electron chi connectivity index (χ3n) is 4.60. The third-order valence-corrected chi connectivity index (χ3v) is 6.01. The topological polar surface area (TPSA) is 58.6 Å². The van der Waals surface area contributed by atoms with Gasteiger partial charge in [0.15, 0.2) is 3.92 Å². The molecule has 1 amide bonds. The molecule has 3 atom stereocenters. The summed E-state index contributed by atoms with van der Waals surface area (Å²) in [7, 11) is 0. The first-order valence-corrected chi connectivity index (χ1v) is 8.50. The molecule has 3 heterocycles. The molecule has 1 saturated carbocycles. The maximum atomic E-state index is 11.8. The van der Waals surface area contributed by atoms with Gasteiger partial charge in [-0.1, -0.05) is 11.3 Å². The van der Waals surface area contributed by atoms with Crippen molar-refractivity contribution in [2.75, 3.05) is 31.1 Å². The van der Waals surface area contributed by atoms with Crippen molar-refractivity contribution in [2.24, 2.45) is 11.8 Å². The number of rotatable bonds is 2. The lowest BCUT2D eigenvalue weighted by Crippen LogP contribution is -2.53. The number of hydrogen-bond donors (Lipinski definition) is 0. The zero-order chi connectivity index (χ0) is 13.7. The lowest BCUT2D eigenvalue weighted by Gasteiger charge is -2.41. The average Bonchev–Trinajstić information content (AvgIpc) is 3.09. The number of carbonyl (C=O) groups excluding carboxylic acids is 1. The Kier molecular flexibility index (Phi) is 3.10. The van der Waals surface area contributed by atoms with Gasteiger partial charge in [0.2, 0.25) is 5.13 Å². The molecule has 0 N–H and O–H groups in total. The lowest BCUT2D eigenvalue weighted by molar-refractivity contribution is 0.122. The summed E-state index contributed by atoms with van der Waals surface area (Å²) in [6.45, 7) is 3.22. The van der Waals surface area contributed by atoms with Crippen molar-refractivity contribution < 1.29 is 9.53 Å². The highest BCUT2D eigenvalue weighted by molar-refractivity contribution is 9.11. The number of aromatic nitrogens is 2. The zero-order valence-electron chi connectivity index (χ0n) is 10.9. The van der Waals surface area contributed by atoms with Gasteiger partial charge in [-0.2, -0.15) is 0 Å². The molecule has 1 aromatic heterocycles. The quantitative estimate of drug-likeness (QED) is 0.808. The van der Waals surface area contributed by atoms with Crippen molar-refractivity contribution in [1.29, 1.82) is 0 Å². The van der Waals surface area contributed by atoms with E-state index in [1.807, 2.05) is 4.90 Å². The van der Waals surface area contributed by atoms with E-state index in [0.29, 0.717) is 24.5 Å². The van der Waals surface area contributed by atoms with Gasteiger partial charge < -0.3 is 14.5 Å². The summed E-state index contributed by atoms with van der Waals surface area (Å²) in [4.78, 5) is 16.1. The number of ether oxygens (including phenoxy) is 1. The van der Waals surface area contributed by atoms with Crippen LogP contribution in [-0.4, -0.2) is 53.5 Å². The van der Waals surface area contributed by atoms with Gasteiger partial charge in [-0.3, -0.25) is 0 Å². The Morgan fingerprint density at radius 1 is 1.25 bits per heavy atom. The molecule has 4 rings (SSSR count). The van der Waals surface area contributed by atoms with Gasteiger partial charge in [0.1, 0.15) is 6.61 Å². The van der Waals surface area contributed by atoms with Crippen LogP contribution in [0.1, 0.15) is 12.8 Å². The molecular weight excluding hydrogens is 344 g/mol. The van der Waals surface area contributed by atoms with Crippen LogP contribution in [0.15, 0.2) is 3.92 Å². The number of amides is 1. The van der Waals surface area contributed by atoms with Gasteiger partial charge in [0.05, 0.1) is 6.54 Å². The number of cyclic esters (lactones) is 1. The first kappa shape index (κ1) is 12.8. The second-order valence-electron chi connectivity index (χ2n) is 5.64. The molecule has 1 unspecified atom stereocenters. The van der Waals surface area contributed by atoms with Crippen LogP contribution < -0.4 is 4.90 Å². The van der Waals surface area contributed by atoms with E-state index in [1.165, 1.54) is 12.8 Å². The Labute approximate surface area is 129 Å². The fourth-order valence-electron chi connectivity index (χ4n) is 3.86. The van der Waals surface area contributed by atoms with Gasteiger partial charge in [-0.05, 0) is 40.6 Å². The summed E-state index contributed by atoms with van der Waals surface area (Å²) in [5.41, 5.74) is 0. The maximum absolute atomic E-state index is 11.8. The van der Waals surface area contributed by atoms with Gasteiger partial charge in [0, 0.05) is 19.1 Å². The maximum Gasteiger partial charge on any atom is 0.410 e. The highest BCUT2D eigenvalue weighted by Crippen LogP contribution is 2.42. The number of carbonyl (C=O) groups is 1. The summed E-state index contributed by atoms with van der Waals surface area (Å²) in [5.74, 6) is 1.06. The average molecular weight is 359 g/mol. The molecule has 2 saturated heterocycles.